The molecule has 0 fully saturated rings. The highest BCUT2D eigenvalue weighted by atomic mass is 32.0. The molecule has 2 rings (SSSR count). The summed E-state index contributed by atoms with van der Waals surface area (Å²) in [6.07, 6.45) is 32.2. The third-order valence-electron chi connectivity index (χ3n) is 9.36. The van der Waals surface area contributed by atoms with Crippen molar-refractivity contribution in [3.63, 3.8) is 0 Å². The van der Waals surface area contributed by atoms with E-state index in [9.17, 15) is 0 Å². The van der Waals surface area contributed by atoms with Gasteiger partial charge in [-0.15, -0.1) is 0 Å². The molecule has 300 valence electrons. The SMILES string of the molecule is C=C(C)C1CC=C(C)CC1.C=C[C+](C)CCC=C(C)C.C=C[C+](C)CCC=C(C)C.CC(C)=CCC/C(C)=C/COPP.CC1=CCC([C+](C)C)CC1.[H+]. The van der Waals surface area contributed by atoms with E-state index in [1.54, 1.807) is 17.1 Å². The van der Waals surface area contributed by atoms with Gasteiger partial charge in [-0.1, -0.05) is 91.0 Å². The van der Waals surface area contributed by atoms with Crippen molar-refractivity contribution in [3.05, 3.63) is 125 Å². The topological polar surface area (TPSA) is 9.23 Å². The van der Waals surface area contributed by atoms with Crippen molar-refractivity contribution < 1.29 is 5.95 Å². The van der Waals surface area contributed by atoms with Crippen LogP contribution in [0.2, 0.25) is 0 Å². The van der Waals surface area contributed by atoms with Gasteiger partial charge in [0.1, 0.15) is 5.92 Å². The van der Waals surface area contributed by atoms with E-state index >= 15 is 0 Å². The van der Waals surface area contributed by atoms with E-state index in [1.807, 2.05) is 12.2 Å². The molecule has 0 bridgehead atoms. The largest absolute Gasteiger partial charge is 1.00 e. The molecule has 0 saturated carbocycles. The molecule has 0 aromatic rings. The van der Waals surface area contributed by atoms with Crippen LogP contribution in [0, 0.1) is 29.6 Å². The predicted octanol–water partition coefficient (Wildman–Crippen LogP) is 17.9. The van der Waals surface area contributed by atoms with Crippen LogP contribution in [0.1, 0.15) is 175 Å². The Morgan fingerprint density at radius 2 is 1.21 bits per heavy atom. The smallest absolute Gasteiger partial charge is 0.354 e. The number of allylic oxidation sites excluding steroid dienone is 14. The highest BCUT2D eigenvalue weighted by molar-refractivity contribution is 8.00. The summed E-state index contributed by atoms with van der Waals surface area (Å²) in [4.78, 5) is 0. The lowest BCUT2D eigenvalue weighted by Gasteiger charge is -2.19. The first-order valence-electron chi connectivity index (χ1n) is 20.2. The molecule has 0 saturated heterocycles. The van der Waals surface area contributed by atoms with Crippen molar-refractivity contribution in [1.82, 2.24) is 0 Å². The number of hydrogen-bond donors (Lipinski definition) is 0. The fourth-order valence-electron chi connectivity index (χ4n) is 5.21. The average Bonchev–Trinajstić information content (AvgIpc) is 3.09. The lowest BCUT2D eigenvalue weighted by Crippen LogP contribution is -2.09. The van der Waals surface area contributed by atoms with Gasteiger partial charge >= 0.3 is 1.43 Å². The molecule has 1 nitrogen and oxygen atoms in total. The van der Waals surface area contributed by atoms with Crippen LogP contribution in [0.25, 0.3) is 0 Å². The summed E-state index contributed by atoms with van der Waals surface area (Å²) in [5.74, 6) is 5.99. The molecule has 0 radical (unpaired) electrons. The molecule has 2 aliphatic carbocycles. The van der Waals surface area contributed by atoms with Gasteiger partial charge in [0, 0.05) is 54.8 Å². The Morgan fingerprint density at radius 3 is 1.55 bits per heavy atom. The van der Waals surface area contributed by atoms with Crippen LogP contribution in [0.4, 0.5) is 0 Å². The van der Waals surface area contributed by atoms with Gasteiger partial charge in [-0.05, 0) is 133 Å². The molecular weight excluding hydrogens is 678 g/mol. The fraction of sp³-hybridized carbons (Fsp3) is 0.580. The minimum atomic E-state index is 0. The summed E-state index contributed by atoms with van der Waals surface area (Å²) in [6.45, 7) is 42.4. The van der Waals surface area contributed by atoms with Gasteiger partial charge in [-0.2, -0.15) is 0 Å². The Balaban J connectivity index is -0.000000289. The van der Waals surface area contributed by atoms with Gasteiger partial charge in [-0.25, -0.2) is 0 Å². The third-order valence-corrected chi connectivity index (χ3v) is 10.2. The molecular formula is C50H88OP2+4. The molecule has 3 heteroatoms. The van der Waals surface area contributed by atoms with Gasteiger partial charge < -0.3 is 4.52 Å². The van der Waals surface area contributed by atoms with Crippen LogP contribution in [0.3, 0.4) is 0 Å². The van der Waals surface area contributed by atoms with Crippen molar-refractivity contribution in [2.24, 2.45) is 11.8 Å². The summed E-state index contributed by atoms with van der Waals surface area (Å²) >= 11 is 0. The molecule has 4 atom stereocenters. The normalized spacial score (nSPS) is 16.1. The first-order valence-corrected chi connectivity index (χ1v) is 22.9. The molecule has 4 unspecified atom stereocenters. The lowest BCUT2D eigenvalue weighted by molar-refractivity contribution is 0.422. The zero-order chi connectivity index (χ0) is 41.2. The van der Waals surface area contributed by atoms with E-state index < -0.39 is 0 Å². The summed E-state index contributed by atoms with van der Waals surface area (Å²) in [6, 6.07) is 0. The highest BCUT2D eigenvalue weighted by Crippen LogP contribution is 2.30. The summed E-state index contributed by atoms with van der Waals surface area (Å²) in [7, 11) is 3.09. The molecule has 0 spiro atoms. The standard InChI is InChI=1S/C10H20OP2.C10H17.C10H16.2C10H17/c1-9(2)5-4-6-10(3)7-8-11-13-12;2*1-8(2)10-6-4-9(3)5-7-10;2*1-5-10(4)8-6-7-9(2)3/h5,7,13H,4,6,8,12H2,1-3H3;4,10H,5-7H2,1-3H3;4,10H,1,5-7H2,2-3H3;2*5,7H,1,6,8H2,2-4H3/q;+1;;2*+1/p+1/b10-7+;;;;. The Morgan fingerprint density at radius 1 is 0.755 bits per heavy atom. The summed E-state index contributed by atoms with van der Waals surface area (Å²) in [5.41, 5.74) is 10.1. The molecule has 0 amide bonds. The zero-order valence-electron chi connectivity index (χ0n) is 38.6. The van der Waals surface area contributed by atoms with Crippen LogP contribution in [-0.4, -0.2) is 6.61 Å². The second-order valence-electron chi connectivity index (χ2n) is 16.0. The zero-order valence-corrected chi connectivity index (χ0v) is 39.7. The second-order valence-corrected chi connectivity index (χ2v) is 17.2. The molecule has 0 aromatic heterocycles. The lowest BCUT2D eigenvalue weighted by atomic mass is 9.83. The van der Waals surface area contributed by atoms with Crippen molar-refractivity contribution in [2.45, 2.75) is 174 Å². The highest BCUT2D eigenvalue weighted by Gasteiger charge is 2.23. The van der Waals surface area contributed by atoms with Crippen molar-refractivity contribution in [3.8, 4) is 0 Å². The molecule has 0 N–H and O–H groups in total. The monoisotopic (exact) mass is 767 g/mol. The van der Waals surface area contributed by atoms with Crippen molar-refractivity contribution in [2.75, 3.05) is 6.61 Å². The van der Waals surface area contributed by atoms with Crippen LogP contribution in [-0.2, 0) is 4.52 Å². The minimum Gasteiger partial charge on any atom is -0.354 e. The third kappa shape index (κ3) is 41.1. The van der Waals surface area contributed by atoms with E-state index in [0.717, 1.165) is 57.0 Å². The van der Waals surface area contributed by atoms with Gasteiger partial charge in [0.15, 0.2) is 0 Å². The van der Waals surface area contributed by atoms with Gasteiger partial charge in [0.25, 0.3) is 0 Å². The maximum Gasteiger partial charge on any atom is 1.00 e. The number of hydrogen-bond acceptors (Lipinski definition) is 1. The van der Waals surface area contributed by atoms with E-state index in [0.29, 0.717) is 8.50 Å². The molecule has 0 aromatic carbocycles. The van der Waals surface area contributed by atoms with E-state index in [4.69, 9.17) is 4.52 Å². The Labute approximate surface area is 339 Å². The van der Waals surface area contributed by atoms with Crippen LogP contribution < -0.4 is 0 Å². The Bertz CT molecular complexity index is 1110. The molecule has 2 aliphatic rings. The molecule has 0 heterocycles. The quantitative estimate of drug-likeness (QED) is 0.0658. The first-order chi connectivity index (χ1) is 24.9. The summed E-state index contributed by atoms with van der Waals surface area (Å²) < 4.78 is 5.23. The Hall–Kier alpha value is -1.91. The number of rotatable bonds is 16. The second kappa shape index (κ2) is 37.0. The summed E-state index contributed by atoms with van der Waals surface area (Å²) in [5, 5.41) is 0. The first kappa shape index (κ1) is 55.4. The molecule has 0 aliphatic heterocycles. The predicted molar refractivity (Wildman–Crippen MR) is 255 cm³/mol. The van der Waals surface area contributed by atoms with E-state index in [1.165, 1.54) is 78.2 Å². The average molecular weight is 767 g/mol. The van der Waals surface area contributed by atoms with Crippen LogP contribution in [0.15, 0.2) is 107 Å². The van der Waals surface area contributed by atoms with Crippen LogP contribution in [0.5, 0.6) is 0 Å². The van der Waals surface area contributed by atoms with Crippen LogP contribution >= 0.6 is 17.4 Å². The minimum absolute atomic E-state index is 0. The van der Waals surface area contributed by atoms with Gasteiger partial charge in [0.05, 0.1) is 50.4 Å². The van der Waals surface area contributed by atoms with E-state index in [-0.39, 0.29) is 1.43 Å². The van der Waals surface area contributed by atoms with E-state index in [2.05, 4.69) is 162 Å². The maximum atomic E-state index is 5.23. The van der Waals surface area contributed by atoms with Crippen molar-refractivity contribution in [1.29, 1.82) is 0 Å². The maximum absolute atomic E-state index is 5.23. The Kier molecular flexibility index (Phi) is 38.7. The van der Waals surface area contributed by atoms with Gasteiger partial charge in [-0.3, -0.25) is 0 Å². The van der Waals surface area contributed by atoms with Gasteiger partial charge in [0.2, 0.25) is 0 Å². The molecule has 53 heavy (non-hydrogen) atoms. The van der Waals surface area contributed by atoms with Crippen molar-refractivity contribution >= 4 is 17.4 Å². The fourth-order valence-corrected chi connectivity index (χ4v) is 5.67.